The first-order chi connectivity index (χ1) is 15.1. The molecular formula is C27H42O5. The van der Waals surface area contributed by atoms with Crippen LogP contribution in [-0.2, 0) is 14.3 Å². The molecule has 6 fully saturated rings. The molecule has 4 saturated carbocycles. The minimum Gasteiger partial charge on any atom is -0.393 e. The molecular weight excluding hydrogens is 404 g/mol. The van der Waals surface area contributed by atoms with Crippen molar-refractivity contribution in [1.29, 1.82) is 0 Å². The largest absolute Gasteiger partial charge is 0.393 e. The molecule has 5 nitrogen and oxygen atoms in total. The van der Waals surface area contributed by atoms with Crippen LogP contribution in [0.25, 0.3) is 0 Å². The van der Waals surface area contributed by atoms with Gasteiger partial charge in [-0.1, -0.05) is 27.7 Å². The number of rotatable bonds is 1. The van der Waals surface area contributed by atoms with E-state index < -0.39 is 11.2 Å². The van der Waals surface area contributed by atoms with Gasteiger partial charge in [-0.3, -0.25) is 4.79 Å². The van der Waals surface area contributed by atoms with Gasteiger partial charge in [-0.25, -0.2) is 0 Å². The van der Waals surface area contributed by atoms with Gasteiger partial charge in [0.1, 0.15) is 11.9 Å². The molecule has 13 atom stereocenters. The van der Waals surface area contributed by atoms with Gasteiger partial charge in [-0.2, -0.15) is 0 Å². The van der Waals surface area contributed by atoms with Crippen LogP contribution in [0.1, 0.15) is 79.1 Å². The highest BCUT2D eigenvalue weighted by atomic mass is 16.7. The monoisotopic (exact) mass is 446 g/mol. The topological polar surface area (TPSA) is 76.0 Å². The van der Waals surface area contributed by atoms with Crippen LogP contribution in [0.2, 0.25) is 0 Å². The number of Topliss-reactive ketones (excluding diaryl/α,β-unsaturated/α-hetero) is 1. The molecule has 4 aliphatic carbocycles. The number of ketones is 1. The van der Waals surface area contributed by atoms with Gasteiger partial charge in [0, 0.05) is 30.3 Å². The molecule has 0 radical (unpaired) electrons. The molecule has 6 aliphatic rings. The zero-order chi connectivity index (χ0) is 22.6. The van der Waals surface area contributed by atoms with Gasteiger partial charge >= 0.3 is 0 Å². The Bertz CT molecular complexity index is 799. The number of aliphatic hydroxyl groups is 2. The number of carbonyl (C=O) groups excluding carboxylic acids is 1. The summed E-state index contributed by atoms with van der Waals surface area (Å²) in [7, 11) is 0. The van der Waals surface area contributed by atoms with Crippen LogP contribution in [0.3, 0.4) is 0 Å². The fraction of sp³-hybridized carbons (Fsp3) is 0.963. The maximum absolute atomic E-state index is 14.0. The van der Waals surface area contributed by atoms with Gasteiger partial charge in [0.25, 0.3) is 0 Å². The second-order valence-electron chi connectivity index (χ2n) is 13.1. The van der Waals surface area contributed by atoms with Crippen molar-refractivity contribution in [1.82, 2.24) is 0 Å². The van der Waals surface area contributed by atoms with Crippen molar-refractivity contribution < 1.29 is 24.5 Å². The summed E-state index contributed by atoms with van der Waals surface area (Å²) in [6, 6.07) is 0. The first kappa shape index (κ1) is 22.0. The minimum atomic E-state index is -1.27. The van der Waals surface area contributed by atoms with Crippen LogP contribution in [0, 0.1) is 52.3 Å². The van der Waals surface area contributed by atoms with Crippen LogP contribution in [0.4, 0.5) is 0 Å². The predicted molar refractivity (Wildman–Crippen MR) is 120 cm³/mol. The van der Waals surface area contributed by atoms with E-state index >= 15 is 0 Å². The highest BCUT2D eigenvalue weighted by molar-refractivity contribution is 5.87. The van der Waals surface area contributed by atoms with Crippen molar-refractivity contribution in [2.24, 2.45) is 52.3 Å². The number of ether oxygens (including phenoxy) is 2. The van der Waals surface area contributed by atoms with E-state index in [4.69, 9.17) is 9.47 Å². The molecule has 0 unspecified atom stereocenters. The lowest BCUT2D eigenvalue weighted by molar-refractivity contribution is -0.266. The zero-order valence-corrected chi connectivity index (χ0v) is 20.3. The van der Waals surface area contributed by atoms with Crippen molar-refractivity contribution >= 4 is 5.78 Å². The van der Waals surface area contributed by atoms with Gasteiger partial charge in [0.2, 0.25) is 0 Å². The molecule has 2 N–H and O–H groups in total. The zero-order valence-electron chi connectivity index (χ0n) is 20.3. The van der Waals surface area contributed by atoms with Crippen LogP contribution in [0.5, 0.6) is 0 Å². The second-order valence-corrected chi connectivity index (χ2v) is 13.1. The highest BCUT2D eigenvalue weighted by Gasteiger charge is 2.72. The number of hydrogen-bond donors (Lipinski definition) is 2. The SMILES string of the molecule is C[C@@H]1CO[C@@H]([C@@]2(O)O[C@H]3C[C@H]4[C@@H]5CC[C@H]6C[C@@H](O)CC[C@]6(C)[C@H]5CC(=O)[C@]4(C)[C@H]3[C@@H]2C)C1. The first-order valence-electron chi connectivity index (χ1n) is 13.3. The van der Waals surface area contributed by atoms with Crippen molar-refractivity contribution in [2.75, 3.05) is 6.61 Å². The van der Waals surface area contributed by atoms with Gasteiger partial charge in [-0.15, -0.1) is 0 Å². The van der Waals surface area contributed by atoms with Crippen molar-refractivity contribution in [2.45, 2.75) is 103 Å². The highest BCUT2D eigenvalue weighted by Crippen LogP contribution is 2.70. The molecule has 2 aliphatic heterocycles. The van der Waals surface area contributed by atoms with E-state index in [1.165, 1.54) is 12.8 Å². The Hall–Kier alpha value is -0.490. The van der Waals surface area contributed by atoms with E-state index in [0.717, 1.165) is 32.1 Å². The quantitative estimate of drug-likeness (QED) is 0.638. The summed E-state index contributed by atoms with van der Waals surface area (Å²) in [6.45, 7) is 9.57. The molecule has 2 heterocycles. The molecule has 0 bridgehead atoms. The molecule has 0 aromatic heterocycles. The standard InChI is InChI=1S/C27H42O5/c1-14-9-23(31-13-14)27(30)15(2)24-21(32-27)11-20-18-6-5-16-10-17(28)7-8-25(16,3)19(18)12-22(29)26(20,24)4/h14-21,23-24,28,30H,5-13H2,1-4H3/t14-,15-,16-,17-,18+,19-,20-,21-,23+,24-,25-,26+,27-/m0/s1. The van der Waals surface area contributed by atoms with Gasteiger partial charge < -0.3 is 19.7 Å². The molecule has 0 spiro atoms. The Kier molecular flexibility index (Phi) is 4.83. The maximum atomic E-state index is 14.0. The number of hydrogen-bond acceptors (Lipinski definition) is 5. The summed E-state index contributed by atoms with van der Waals surface area (Å²) >= 11 is 0. The average Bonchev–Trinajstić information content (AvgIpc) is 3.38. The van der Waals surface area contributed by atoms with Crippen LogP contribution in [-0.4, -0.2) is 46.7 Å². The summed E-state index contributed by atoms with van der Waals surface area (Å²) in [4.78, 5) is 14.0. The maximum Gasteiger partial charge on any atom is 0.195 e. The van der Waals surface area contributed by atoms with E-state index in [1.54, 1.807) is 0 Å². The number of fused-ring (bicyclic) bond motifs is 7. The molecule has 0 aromatic rings. The molecule has 5 heteroatoms. The molecule has 0 aromatic carbocycles. The second kappa shape index (κ2) is 7.02. The van der Waals surface area contributed by atoms with E-state index in [0.29, 0.717) is 48.4 Å². The number of aliphatic hydroxyl groups excluding tert-OH is 1. The third-order valence-corrected chi connectivity index (χ3v) is 11.8. The summed E-state index contributed by atoms with van der Waals surface area (Å²) < 4.78 is 12.5. The first-order valence-corrected chi connectivity index (χ1v) is 13.3. The Labute approximate surface area is 192 Å². The molecule has 32 heavy (non-hydrogen) atoms. The molecule has 180 valence electrons. The Morgan fingerprint density at radius 3 is 2.53 bits per heavy atom. The van der Waals surface area contributed by atoms with E-state index in [9.17, 15) is 15.0 Å². The van der Waals surface area contributed by atoms with Crippen LogP contribution < -0.4 is 0 Å². The van der Waals surface area contributed by atoms with Gasteiger partial charge in [-0.05, 0) is 80.0 Å². The third kappa shape index (κ3) is 2.69. The average molecular weight is 447 g/mol. The third-order valence-electron chi connectivity index (χ3n) is 11.8. The lowest BCUT2D eigenvalue weighted by Crippen LogP contribution is -2.58. The fourth-order valence-corrected chi connectivity index (χ4v) is 10.00. The van der Waals surface area contributed by atoms with Crippen LogP contribution in [0.15, 0.2) is 0 Å². The van der Waals surface area contributed by atoms with Crippen molar-refractivity contribution in [3.05, 3.63) is 0 Å². The lowest BCUT2D eigenvalue weighted by atomic mass is 9.44. The Morgan fingerprint density at radius 1 is 1.03 bits per heavy atom. The van der Waals surface area contributed by atoms with Gasteiger partial charge in [0.05, 0.1) is 12.2 Å². The summed E-state index contributed by atoms with van der Waals surface area (Å²) in [6.07, 6.45) is 7.09. The summed E-state index contributed by atoms with van der Waals surface area (Å²) in [5, 5.41) is 21.9. The molecule has 2 saturated heterocycles. The Morgan fingerprint density at radius 2 is 1.81 bits per heavy atom. The molecule has 0 amide bonds. The minimum absolute atomic E-state index is 0.0501. The van der Waals surface area contributed by atoms with E-state index in [1.807, 2.05) is 0 Å². The summed E-state index contributed by atoms with van der Waals surface area (Å²) in [5.41, 5.74) is -0.227. The predicted octanol–water partition coefficient (Wildman–Crippen LogP) is 3.94. The molecule has 6 rings (SSSR count). The summed E-state index contributed by atoms with van der Waals surface area (Å²) in [5.74, 6) is 1.44. The van der Waals surface area contributed by atoms with Crippen molar-refractivity contribution in [3.63, 3.8) is 0 Å². The van der Waals surface area contributed by atoms with Crippen molar-refractivity contribution in [3.8, 4) is 0 Å². The number of carbonyl (C=O) groups is 1. The normalized spacial score (nSPS) is 61.8. The Balaban J connectivity index is 1.30. The lowest BCUT2D eigenvalue weighted by Gasteiger charge is -2.60. The van der Waals surface area contributed by atoms with E-state index in [-0.39, 0.29) is 35.6 Å². The van der Waals surface area contributed by atoms with E-state index in [2.05, 4.69) is 27.7 Å². The fourth-order valence-electron chi connectivity index (χ4n) is 10.00. The van der Waals surface area contributed by atoms with Gasteiger partial charge in [0.15, 0.2) is 5.79 Å². The van der Waals surface area contributed by atoms with Crippen LogP contribution >= 0.6 is 0 Å². The smallest absolute Gasteiger partial charge is 0.195 e.